The molecule has 1 aromatic rings. The van der Waals surface area contributed by atoms with E-state index in [1.165, 1.54) is 0 Å². The number of furan rings is 1. The van der Waals surface area contributed by atoms with E-state index in [0.717, 1.165) is 44.1 Å². The molecule has 0 aromatic carbocycles. The van der Waals surface area contributed by atoms with Crippen LogP contribution in [0.2, 0.25) is 0 Å². The predicted octanol–water partition coefficient (Wildman–Crippen LogP) is 1.61. The van der Waals surface area contributed by atoms with E-state index >= 15 is 0 Å². The Hall–Kier alpha value is -1.49. The van der Waals surface area contributed by atoms with Crippen LogP contribution in [0, 0.1) is 12.8 Å². The number of nitrogens with one attached hydrogen (secondary N) is 1. The van der Waals surface area contributed by atoms with Gasteiger partial charge in [-0.25, -0.2) is 4.79 Å². The lowest BCUT2D eigenvalue weighted by Crippen LogP contribution is -2.34. The molecule has 2 saturated heterocycles. The maximum atomic E-state index is 12.3. The number of aryl methyl sites for hydroxylation is 1. The first-order valence-electron chi connectivity index (χ1n) is 6.94. The summed E-state index contributed by atoms with van der Waals surface area (Å²) < 4.78 is 5.67. The normalized spacial score (nSPS) is 27.6. The van der Waals surface area contributed by atoms with Gasteiger partial charge in [0.2, 0.25) is 0 Å². The van der Waals surface area contributed by atoms with Crippen molar-refractivity contribution in [2.75, 3.05) is 33.2 Å². The van der Waals surface area contributed by atoms with Crippen LogP contribution >= 0.6 is 0 Å². The minimum absolute atomic E-state index is 0.0514. The second-order valence-electron chi connectivity index (χ2n) is 5.62. The van der Waals surface area contributed by atoms with Gasteiger partial charge in [0.25, 0.3) is 0 Å². The molecule has 3 heterocycles. The number of hydrogen-bond acceptors (Lipinski definition) is 3. The van der Waals surface area contributed by atoms with Gasteiger partial charge in [-0.3, -0.25) is 0 Å². The maximum Gasteiger partial charge on any atom is 0.320 e. The van der Waals surface area contributed by atoms with Crippen molar-refractivity contribution in [1.29, 1.82) is 0 Å². The minimum atomic E-state index is 0.0514. The zero-order valence-electron chi connectivity index (χ0n) is 11.6. The van der Waals surface area contributed by atoms with Crippen LogP contribution in [-0.4, -0.2) is 49.1 Å². The second kappa shape index (κ2) is 4.89. The quantitative estimate of drug-likeness (QED) is 0.901. The number of amides is 2. The Labute approximate surface area is 113 Å². The Kier molecular flexibility index (Phi) is 3.22. The standard InChI is InChI=1S/C14H21N3O2/c1-10-3-4-13(19-10)12-9-17(14(18)16(12)2)8-11-5-6-15-7-11/h3-4,11-12,15H,5-9H2,1-2H3. The van der Waals surface area contributed by atoms with Crippen molar-refractivity contribution in [3.05, 3.63) is 23.7 Å². The summed E-state index contributed by atoms with van der Waals surface area (Å²) in [5.74, 6) is 2.38. The maximum absolute atomic E-state index is 12.3. The Morgan fingerprint density at radius 2 is 2.32 bits per heavy atom. The summed E-state index contributed by atoms with van der Waals surface area (Å²) >= 11 is 0. The molecule has 5 nitrogen and oxygen atoms in total. The Bertz CT molecular complexity index is 465. The van der Waals surface area contributed by atoms with E-state index in [4.69, 9.17) is 4.42 Å². The van der Waals surface area contributed by atoms with E-state index in [0.29, 0.717) is 5.92 Å². The van der Waals surface area contributed by atoms with Gasteiger partial charge in [0.05, 0.1) is 6.54 Å². The second-order valence-corrected chi connectivity index (χ2v) is 5.62. The molecule has 0 saturated carbocycles. The van der Waals surface area contributed by atoms with Gasteiger partial charge in [0.1, 0.15) is 17.6 Å². The first-order chi connectivity index (χ1) is 9.15. The van der Waals surface area contributed by atoms with Crippen LogP contribution in [0.1, 0.15) is 24.0 Å². The molecule has 2 amide bonds. The topological polar surface area (TPSA) is 48.7 Å². The molecular weight excluding hydrogens is 242 g/mol. The molecule has 2 fully saturated rings. The molecule has 0 bridgehead atoms. The fourth-order valence-electron chi connectivity index (χ4n) is 3.01. The lowest BCUT2D eigenvalue weighted by atomic mass is 10.1. The van der Waals surface area contributed by atoms with Crippen LogP contribution < -0.4 is 5.32 Å². The van der Waals surface area contributed by atoms with Crippen LogP contribution in [-0.2, 0) is 0 Å². The first kappa shape index (κ1) is 12.5. The monoisotopic (exact) mass is 263 g/mol. The Morgan fingerprint density at radius 3 is 2.95 bits per heavy atom. The third-order valence-electron chi connectivity index (χ3n) is 4.16. The number of nitrogens with zero attached hydrogens (tertiary/aromatic N) is 2. The van der Waals surface area contributed by atoms with Gasteiger partial charge in [-0.2, -0.15) is 0 Å². The van der Waals surface area contributed by atoms with Crippen molar-refractivity contribution < 1.29 is 9.21 Å². The summed E-state index contributed by atoms with van der Waals surface area (Å²) in [4.78, 5) is 16.0. The van der Waals surface area contributed by atoms with Crippen LogP contribution in [0.4, 0.5) is 4.79 Å². The zero-order chi connectivity index (χ0) is 13.4. The molecule has 3 rings (SSSR count). The molecule has 1 aromatic heterocycles. The summed E-state index contributed by atoms with van der Waals surface area (Å²) in [5, 5.41) is 3.35. The van der Waals surface area contributed by atoms with Crippen molar-refractivity contribution in [3.63, 3.8) is 0 Å². The fraction of sp³-hybridized carbons (Fsp3) is 0.643. The molecule has 2 unspecified atom stereocenters. The number of likely N-dealkylation sites (N-methyl/N-ethyl adjacent to an activating group) is 1. The van der Waals surface area contributed by atoms with Crippen molar-refractivity contribution in [1.82, 2.24) is 15.1 Å². The van der Waals surface area contributed by atoms with Gasteiger partial charge in [-0.1, -0.05) is 0 Å². The van der Waals surface area contributed by atoms with E-state index in [2.05, 4.69) is 5.32 Å². The minimum Gasteiger partial charge on any atom is -0.464 e. The van der Waals surface area contributed by atoms with Crippen molar-refractivity contribution in [2.24, 2.45) is 5.92 Å². The molecule has 0 spiro atoms. The fourth-order valence-corrected chi connectivity index (χ4v) is 3.01. The summed E-state index contributed by atoms with van der Waals surface area (Å²) in [7, 11) is 1.86. The van der Waals surface area contributed by atoms with Gasteiger partial charge in [-0.05, 0) is 44.5 Å². The lowest BCUT2D eigenvalue weighted by Gasteiger charge is -2.19. The van der Waals surface area contributed by atoms with Crippen LogP contribution in [0.15, 0.2) is 16.5 Å². The van der Waals surface area contributed by atoms with Crippen molar-refractivity contribution in [2.45, 2.75) is 19.4 Å². The number of carbonyl (C=O) groups is 1. The summed E-state index contributed by atoms with van der Waals surface area (Å²) in [6, 6.07) is 4.10. The Balaban J connectivity index is 1.70. The molecule has 1 N–H and O–H groups in total. The number of hydrogen-bond donors (Lipinski definition) is 1. The van der Waals surface area contributed by atoms with E-state index < -0.39 is 0 Å². The molecule has 2 aliphatic rings. The number of carbonyl (C=O) groups excluding carboxylic acids is 1. The van der Waals surface area contributed by atoms with E-state index in [1.807, 2.05) is 31.0 Å². The molecule has 2 atom stereocenters. The first-order valence-corrected chi connectivity index (χ1v) is 6.94. The third kappa shape index (κ3) is 2.34. The Morgan fingerprint density at radius 1 is 1.47 bits per heavy atom. The molecule has 0 aliphatic carbocycles. The highest BCUT2D eigenvalue weighted by molar-refractivity contribution is 5.77. The number of urea groups is 1. The average Bonchev–Trinajstić information content (AvgIpc) is 3.08. The van der Waals surface area contributed by atoms with Crippen LogP contribution in [0.5, 0.6) is 0 Å². The van der Waals surface area contributed by atoms with Gasteiger partial charge >= 0.3 is 6.03 Å². The van der Waals surface area contributed by atoms with E-state index in [-0.39, 0.29) is 12.1 Å². The highest BCUT2D eigenvalue weighted by Crippen LogP contribution is 2.30. The molecule has 104 valence electrons. The molecule has 2 aliphatic heterocycles. The van der Waals surface area contributed by atoms with Crippen LogP contribution in [0.3, 0.4) is 0 Å². The summed E-state index contributed by atoms with van der Waals surface area (Å²) in [5.41, 5.74) is 0. The van der Waals surface area contributed by atoms with E-state index in [9.17, 15) is 4.79 Å². The van der Waals surface area contributed by atoms with Gasteiger partial charge in [-0.15, -0.1) is 0 Å². The predicted molar refractivity (Wildman–Crippen MR) is 71.9 cm³/mol. The van der Waals surface area contributed by atoms with Gasteiger partial charge in [0.15, 0.2) is 0 Å². The highest BCUT2D eigenvalue weighted by Gasteiger charge is 2.38. The average molecular weight is 263 g/mol. The van der Waals surface area contributed by atoms with Gasteiger partial charge in [0, 0.05) is 13.6 Å². The number of rotatable bonds is 3. The molecular formula is C14H21N3O2. The summed E-state index contributed by atoms with van der Waals surface area (Å²) in [6.45, 7) is 5.62. The molecule has 19 heavy (non-hydrogen) atoms. The smallest absolute Gasteiger partial charge is 0.320 e. The largest absolute Gasteiger partial charge is 0.464 e. The SMILES string of the molecule is Cc1ccc(C2CN(CC3CCNC3)C(=O)N2C)o1. The summed E-state index contributed by atoms with van der Waals surface area (Å²) in [6.07, 6.45) is 1.16. The van der Waals surface area contributed by atoms with Crippen molar-refractivity contribution >= 4 is 6.03 Å². The third-order valence-corrected chi connectivity index (χ3v) is 4.16. The van der Waals surface area contributed by atoms with Crippen molar-refractivity contribution in [3.8, 4) is 0 Å². The highest BCUT2D eigenvalue weighted by atomic mass is 16.3. The molecule has 5 heteroatoms. The zero-order valence-corrected chi connectivity index (χ0v) is 11.6. The van der Waals surface area contributed by atoms with Crippen LogP contribution in [0.25, 0.3) is 0 Å². The lowest BCUT2D eigenvalue weighted by molar-refractivity contribution is 0.189. The molecule has 0 radical (unpaired) electrons. The van der Waals surface area contributed by atoms with E-state index in [1.54, 1.807) is 4.90 Å². The van der Waals surface area contributed by atoms with Gasteiger partial charge < -0.3 is 19.5 Å².